The van der Waals surface area contributed by atoms with E-state index in [-0.39, 0.29) is 17.9 Å². The largest absolute Gasteiger partial charge is 0.481 e. The van der Waals surface area contributed by atoms with Gasteiger partial charge in [-0.15, -0.1) is 0 Å². The zero-order valence-electron chi connectivity index (χ0n) is 10.6. The third kappa shape index (κ3) is 2.52. The lowest BCUT2D eigenvalue weighted by Gasteiger charge is -2.21. The van der Waals surface area contributed by atoms with Crippen molar-refractivity contribution in [2.45, 2.75) is 6.42 Å². The molecule has 1 heterocycles. The molecule has 0 saturated carbocycles. The van der Waals surface area contributed by atoms with Crippen LogP contribution in [0.1, 0.15) is 12.0 Å². The fraction of sp³-hybridized carbons (Fsp3) is 0.385. The summed E-state index contributed by atoms with van der Waals surface area (Å²) in [7, 11) is 1.66. The Morgan fingerprint density at radius 2 is 2.32 bits per heavy atom. The summed E-state index contributed by atoms with van der Waals surface area (Å²) in [6.45, 7) is 0.721. The molecule has 1 aliphatic heterocycles. The highest BCUT2D eigenvalue weighted by atomic mass is 19.1. The molecule has 6 heteroatoms. The number of aliphatic carboxylic acids is 1. The number of halogens is 1. The molecule has 0 bridgehead atoms. The first-order chi connectivity index (χ1) is 9.04. The number of amidine groups is 1. The number of rotatable bonds is 3. The average molecular weight is 265 g/mol. The Kier molecular flexibility index (Phi) is 3.69. The van der Waals surface area contributed by atoms with Crippen LogP contribution in [0.4, 0.5) is 10.1 Å². The molecule has 1 saturated heterocycles. The Morgan fingerprint density at radius 3 is 2.89 bits per heavy atom. The average Bonchev–Trinajstić information content (AvgIpc) is 2.87. The van der Waals surface area contributed by atoms with Crippen molar-refractivity contribution in [2.24, 2.45) is 5.92 Å². The van der Waals surface area contributed by atoms with Gasteiger partial charge in [-0.1, -0.05) is 6.07 Å². The van der Waals surface area contributed by atoms with Gasteiger partial charge in [-0.25, -0.2) is 4.39 Å². The molecule has 1 aliphatic rings. The van der Waals surface area contributed by atoms with Crippen molar-refractivity contribution in [3.63, 3.8) is 0 Å². The standard InChI is InChI=1S/C13H16FN3O2/c1-16-10-4-2-3-9(14)11(10)12(15)17-6-5-8(7-17)13(18)19/h2-4,8,15-16H,5-7H2,1H3,(H,18,19). The van der Waals surface area contributed by atoms with E-state index in [2.05, 4.69) is 5.32 Å². The smallest absolute Gasteiger partial charge is 0.308 e. The van der Waals surface area contributed by atoms with Crippen molar-refractivity contribution in [3.8, 4) is 0 Å². The van der Waals surface area contributed by atoms with Gasteiger partial charge in [0.15, 0.2) is 0 Å². The fourth-order valence-corrected chi connectivity index (χ4v) is 2.30. The molecule has 1 unspecified atom stereocenters. The number of carboxylic acids is 1. The second-order valence-corrected chi connectivity index (χ2v) is 4.53. The summed E-state index contributed by atoms with van der Waals surface area (Å²) in [5, 5.41) is 19.9. The molecule has 3 N–H and O–H groups in total. The Bertz CT molecular complexity index is 519. The third-order valence-corrected chi connectivity index (χ3v) is 3.37. The van der Waals surface area contributed by atoms with Gasteiger partial charge in [0, 0.05) is 25.8 Å². The first-order valence-electron chi connectivity index (χ1n) is 6.07. The van der Waals surface area contributed by atoms with E-state index < -0.39 is 17.7 Å². The molecule has 2 rings (SSSR count). The van der Waals surface area contributed by atoms with Crippen LogP contribution in [0.3, 0.4) is 0 Å². The maximum Gasteiger partial charge on any atom is 0.308 e. The molecule has 1 atom stereocenters. The predicted octanol–water partition coefficient (Wildman–Crippen LogP) is 1.60. The van der Waals surface area contributed by atoms with E-state index in [4.69, 9.17) is 10.5 Å². The van der Waals surface area contributed by atoms with Crippen molar-refractivity contribution in [3.05, 3.63) is 29.6 Å². The van der Waals surface area contributed by atoms with E-state index in [0.29, 0.717) is 18.7 Å². The van der Waals surface area contributed by atoms with Crippen LogP contribution in [-0.2, 0) is 4.79 Å². The van der Waals surface area contributed by atoms with Crippen LogP contribution in [0, 0.1) is 17.1 Å². The van der Waals surface area contributed by atoms with Crippen molar-refractivity contribution in [1.29, 1.82) is 5.41 Å². The zero-order chi connectivity index (χ0) is 14.0. The lowest BCUT2D eigenvalue weighted by atomic mass is 10.1. The van der Waals surface area contributed by atoms with Crippen LogP contribution in [0.15, 0.2) is 18.2 Å². The Morgan fingerprint density at radius 1 is 1.58 bits per heavy atom. The summed E-state index contributed by atoms with van der Waals surface area (Å²) in [5.74, 6) is -1.79. The molecular formula is C13H16FN3O2. The lowest BCUT2D eigenvalue weighted by molar-refractivity contribution is -0.141. The number of carbonyl (C=O) groups is 1. The summed E-state index contributed by atoms with van der Waals surface area (Å²) >= 11 is 0. The number of nitrogens with zero attached hydrogens (tertiary/aromatic N) is 1. The Labute approximate surface area is 110 Å². The molecule has 0 aliphatic carbocycles. The summed E-state index contributed by atoms with van der Waals surface area (Å²) < 4.78 is 13.9. The normalized spacial score (nSPS) is 18.4. The van der Waals surface area contributed by atoms with E-state index in [9.17, 15) is 9.18 Å². The summed E-state index contributed by atoms with van der Waals surface area (Å²) in [6.07, 6.45) is 0.487. The molecule has 1 aromatic rings. The molecular weight excluding hydrogens is 249 g/mol. The summed E-state index contributed by atoms with van der Waals surface area (Å²) in [6, 6.07) is 4.56. The van der Waals surface area contributed by atoms with Crippen LogP contribution in [-0.4, -0.2) is 41.9 Å². The highest BCUT2D eigenvalue weighted by molar-refractivity contribution is 6.02. The topological polar surface area (TPSA) is 76.4 Å². The number of anilines is 1. The molecule has 0 amide bonds. The van der Waals surface area contributed by atoms with E-state index in [0.717, 1.165) is 0 Å². The van der Waals surface area contributed by atoms with E-state index in [1.165, 1.54) is 6.07 Å². The Balaban J connectivity index is 2.24. The van der Waals surface area contributed by atoms with Crippen LogP contribution in [0.25, 0.3) is 0 Å². The maximum absolute atomic E-state index is 13.9. The number of nitrogens with one attached hydrogen (secondary N) is 2. The highest BCUT2D eigenvalue weighted by Crippen LogP contribution is 2.24. The predicted molar refractivity (Wildman–Crippen MR) is 70.1 cm³/mol. The fourth-order valence-electron chi connectivity index (χ4n) is 2.30. The van der Waals surface area contributed by atoms with Gasteiger partial charge < -0.3 is 15.3 Å². The molecule has 1 aromatic carbocycles. The summed E-state index contributed by atoms with van der Waals surface area (Å²) in [5.41, 5.74) is 0.722. The maximum atomic E-state index is 13.9. The van der Waals surface area contributed by atoms with Gasteiger partial charge in [0.25, 0.3) is 0 Å². The minimum absolute atomic E-state index is 0.0335. The summed E-state index contributed by atoms with van der Waals surface area (Å²) in [4.78, 5) is 12.5. The monoisotopic (exact) mass is 265 g/mol. The molecule has 19 heavy (non-hydrogen) atoms. The van der Waals surface area contributed by atoms with Gasteiger partial charge in [-0.05, 0) is 18.6 Å². The van der Waals surface area contributed by atoms with E-state index in [1.807, 2.05) is 0 Å². The second kappa shape index (κ2) is 5.26. The molecule has 1 fully saturated rings. The van der Waals surface area contributed by atoms with Crippen LogP contribution in [0.2, 0.25) is 0 Å². The first-order valence-corrected chi connectivity index (χ1v) is 6.07. The molecule has 0 aromatic heterocycles. The third-order valence-electron chi connectivity index (χ3n) is 3.37. The zero-order valence-corrected chi connectivity index (χ0v) is 10.6. The van der Waals surface area contributed by atoms with Crippen molar-refractivity contribution in [1.82, 2.24) is 4.90 Å². The van der Waals surface area contributed by atoms with Crippen molar-refractivity contribution < 1.29 is 14.3 Å². The molecule has 5 nitrogen and oxygen atoms in total. The van der Waals surface area contributed by atoms with Crippen molar-refractivity contribution in [2.75, 3.05) is 25.5 Å². The second-order valence-electron chi connectivity index (χ2n) is 4.53. The number of hydrogen-bond acceptors (Lipinski definition) is 3. The molecule has 0 radical (unpaired) electrons. The quantitative estimate of drug-likeness (QED) is 0.573. The first kappa shape index (κ1) is 13.3. The van der Waals surface area contributed by atoms with Crippen molar-refractivity contribution >= 4 is 17.5 Å². The van der Waals surface area contributed by atoms with Crippen LogP contribution < -0.4 is 5.32 Å². The van der Waals surface area contributed by atoms with Crippen LogP contribution in [0.5, 0.6) is 0 Å². The molecule has 0 spiro atoms. The van der Waals surface area contributed by atoms with Gasteiger partial charge in [0.05, 0.1) is 11.5 Å². The minimum atomic E-state index is -0.863. The number of likely N-dealkylation sites (tertiary alicyclic amines) is 1. The SMILES string of the molecule is CNc1cccc(F)c1C(=N)N1CCC(C(=O)O)C1. The van der Waals surface area contributed by atoms with Gasteiger partial charge in [-0.2, -0.15) is 0 Å². The van der Waals surface area contributed by atoms with E-state index in [1.54, 1.807) is 24.1 Å². The van der Waals surface area contributed by atoms with Gasteiger partial charge in [0.1, 0.15) is 11.7 Å². The number of hydrogen-bond donors (Lipinski definition) is 3. The van der Waals surface area contributed by atoms with Gasteiger partial charge >= 0.3 is 5.97 Å². The highest BCUT2D eigenvalue weighted by Gasteiger charge is 2.31. The molecule has 102 valence electrons. The van der Waals surface area contributed by atoms with E-state index >= 15 is 0 Å². The lowest BCUT2D eigenvalue weighted by Crippen LogP contribution is -2.31. The number of carboxylic acid groups (broad SMARTS) is 1. The number of benzene rings is 1. The minimum Gasteiger partial charge on any atom is -0.481 e. The van der Waals surface area contributed by atoms with Crippen LogP contribution >= 0.6 is 0 Å². The van der Waals surface area contributed by atoms with Gasteiger partial charge in [0.2, 0.25) is 0 Å². The Hall–Kier alpha value is -2.11. The van der Waals surface area contributed by atoms with Gasteiger partial charge in [-0.3, -0.25) is 10.2 Å².